The van der Waals surface area contributed by atoms with Crippen LogP contribution in [0.25, 0.3) is 0 Å². The molecule has 8 rings (SSSR count). The highest BCUT2D eigenvalue weighted by Crippen LogP contribution is 2.55. The average Bonchev–Trinajstić information content (AvgIpc) is 3.32. The molecule has 5 heteroatoms. The molecule has 0 saturated heterocycles. The van der Waals surface area contributed by atoms with Crippen molar-refractivity contribution in [2.24, 2.45) is 29.6 Å². The number of fused-ring (bicyclic) bond motifs is 1. The number of rotatable bonds is 5. The minimum absolute atomic E-state index is 0.0399. The minimum atomic E-state index is 0.0399. The molecule has 5 saturated carbocycles. The van der Waals surface area contributed by atoms with Gasteiger partial charge in [0.15, 0.2) is 0 Å². The lowest BCUT2D eigenvalue weighted by Crippen LogP contribution is -2.59. The van der Waals surface area contributed by atoms with Crippen molar-refractivity contribution in [3.8, 4) is 0 Å². The number of anilines is 2. The van der Waals surface area contributed by atoms with Crippen LogP contribution in [-0.2, 0) is 11.2 Å². The summed E-state index contributed by atoms with van der Waals surface area (Å²) in [7, 11) is 0. The highest BCUT2D eigenvalue weighted by atomic mass is 16.2. The van der Waals surface area contributed by atoms with Gasteiger partial charge in [-0.25, -0.2) is 0 Å². The van der Waals surface area contributed by atoms with Crippen LogP contribution in [0.5, 0.6) is 0 Å². The van der Waals surface area contributed by atoms with Crippen molar-refractivity contribution in [1.29, 1.82) is 0 Å². The monoisotopic (exact) mass is 511 g/mol. The van der Waals surface area contributed by atoms with Gasteiger partial charge in [-0.1, -0.05) is 19.1 Å². The first-order valence-corrected chi connectivity index (χ1v) is 15.0. The van der Waals surface area contributed by atoms with Crippen LogP contribution in [0, 0.1) is 29.6 Å². The van der Waals surface area contributed by atoms with Gasteiger partial charge in [0.2, 0.25) is 5.91 Å². The molecule has 6 aliphatic rings. The third-order valence-electron chi connectivity index (χ3n) is 10.5. The second kappa shape index (κ2) is 9.43. The number of hydrogen-bond donors (Lipinski definition) is 3. The molecule has 0 radical (unpaired) electrons. The Morgan fingerprint density at radius 2 is 1.53 bits per heavy atom. The molecular weight excluding hydrogens is 470 g/mol. The summed E-state index contributed by atoms with van der Waals surface area (Å²) in [6.45, 7) is 2.28. The lowest BCUT2D eigenvalue weighted by atomic mass is 9.53. The van der Waals surface area contributed by atoms with Gasteiger partial charge in [-0.3, -0.25) is 9.59 Å². The normalized spacial score (nSPS) is 34.9. The first-order valence-electron chi connectivity index (χ1n) is 15.0. The predicted octanol–water partition coefficient (Wildman–Crippen LogP) is 6.86. The number of carbonyl (C=O) groups is 2. The van der Waals surface area contributed by atoms with E-state index in [9.17, 15) is 9.59 Å². The maximum absolute atomic E-state index is 13.4. The van der Waals surface area contributed by atoms with Crippen LogP contribution in [0.15, 0.2) is 42.5 Å². The van der Waals surface area contributed by atoms with Crippen LogP contribution in [-0.4, -0.2) is 17.4 Å². The Morgan fingerprint density at radius 1 is 0.868 bits per heavy atom. The van der Waals surface area contributed by atoms with Gasteiger partial charge < -0.3 is 16.0 Å². The molecule has 0 spiro atoms. The van der Waals surface area contributed by atoms with E-state index in [1.165, 1.54) is 49.7 Å². The third-order valence-corrected chi connectivity index (χ3v) is 10.5. The van der Waals surface area contributed by atoms with Crippen molar-refractivity contribution in [1.82, 2.24) is 5.32 Å². The number of carbonyl (C=O) groups excluding carboxylic acids is 2. The molecule has 5 nitrogen and oxygen atoms in total. The van der Waals surface area contributed by atoms with Crippen LogP contribution in [0.2, 0.25) is 0 Å². The molecular formula is C33H41N3O2. The van der Waals surface area contributed by atoms with Crippen molar-refractivity contribution in [2.45, 2.75) is 89.1 Å². The van der Waals surface area contributed by atoms with E-state index in [0.29, 0.717) is 0 Å². The summed E-state index contributed by atoms with van der Waals surface area (Å²) in [4.78, 5) is 26.1. The number of nitrogens with one attached hydrogen (secondary N) is 3. The minimum Gasteiger partial charge on any atom is -0.378 e. The largest absolute Gasteiger partial charge is 0.378 e. The van der Waals surface area contributed by atoms with Crippen LogP contribution in [0.3, 0.4) is 0 Å². The van der Waals surface area contributed by atoms with Crippen molar-refractivity contribution in [2.75, 3.05) is 10.6 Å². The molecule has 1 heterocycles. The molecule has 38 heavy (non-hydrogen) atoms. The number of benzene rings is 2. The lowest BCUT2D eigenvalue weighted by molar-refractivity contribution is -0.121. The molecule has 5 fully saturated rings. The first-order chi connectivity index (χ1) is 18.4. The van der Waals surface area contributed by atoms with Crippen molar-refractivity contribution < 1.29 is 9.59 Å². The van der Waals surface area contributed by atoms with Crippen LogP contribution < -0.4 is 16.0 Å². The molecule has 5 aliphatic carbocycles. The van der Waals surface area contributed by atoms with Crippen molar-refractivity contribution in [3.63, 3.8) is 0 Å². The fourth-order valence-corrected chi connectivity index (χ4v) is 8.85. The smallest absolute Gasteiger partial charge is 0.251 e. The Hall–Kier alpha value is -2.82. The van der Waals surface area contributed by atoms with E-state index in [0.717, 1.165) is 72.7 Å². The molecule has 2 amide bonds. The van der Waals surface area contributed by atoms with Gasteiger partial charge in [0.05, 0.1) is 6.04 Å². The van der Waals surface area contributed by atoms with E-state index >= 15 is 0 Å². The van der Waals surface area contributed by atoms with Crippen LogP contribution in [0.1, 0.15) is 98.7 Å². The Labute approximate surface area is 226 Å². The zero-order valence-corrected chi connectivity index (χ0v) is 22.6. The van der Waals surface area contributed by atoms with E-state index in [4.69, 9.17) is 0 Å². The van der Waals surface area contributed by atoms with Crippen LogP contribution >= 0.6 is 0 Å². The highest BCUT2D eigenvalue weighted by Gasteiger charge is 2.51. The summed E-state index contributed by atoms with van der Waals surface area (Å²) in [5.74, 6) is 3.62. The standard InChI is InChI=1S/C33H41N3O2/c1-20-2-4-25(5-3-20)31(37)34-28-9-6-24(7-10-28)30-16-27-15-26(8-11-29(27)35-30)32(38)36-33-17-21-12-22(18-33)14-23(13-21)19-33/h6-11,15,20-23,25,30,35H,2-5,12-14,16-19H2,1H3,(H,34,37)(H,36,38). The maximum Gasteiger partial charge on any atom is 0.251 e. The molecule has 2 aromatic rings. The Morgan fingerprint density at radius 3 is 2.18 bits per heavy atom. The number of amides is 2. The summed E-state index contributed by atoms with van der Waals surface area (Å²) in [5.41, 5.74) is 5.22. The van der Waals surface area contributed by atoms with Gasteiger partial charge >= 0.3 is 0 Å². The van der Waals surface area contributed by atoms with Gasteiger partial charge in [-0.05, 0) is 136 Å². The van der Waals surface area contributed by atoms with E-state index in [-0.39, 0.29) is 29.3 Å². The Balaban J connectivity index is 0.978. The maximum atomic E-state index is 13.4. The number of hydrogen-bond acceptors (Lipinski definition) is 3. The zero-order chi connectivity index (χ0) is 25.9. The fraction of sp³-hybridized carbons (Fsp3) is 0.576. The second-order valence-electron chi connectivity index (χ2n) is 13.5. The quantitative estimate of drug-likeness (QED) is 0.411. The molecule has 4 bridgehead atoms. The molecule has 3 N–H and O–H groups in total. The lowest BCUT2D eigenvalue weighted by Gasteiger charge is -2.56. The molecule has 2 aromatic carbocycles. The van der Waals surface area contributed by atoms with Gasteiger partial charge in [0.1, 0.15) is 0 Å². The van der Waals surface area contributed by atoms with Gasteiger partial charge in [-0.2, -0.15) is 0 Å². The SMILES string of the molecule is CC1CCC(C(=O)Nc2ccc(C3Cc4cc(C(=O)NC56CC7CC(CC(C7)C5)C6)ccc4N3)cc2)CC1. The summed E-state index contributed by atoms with van der Waals surface area (Å²) >= 11 is 0. The summed E-state index contributed by atoms with van der Waals surface area (Å²) < 4.78 is 0. The Kier molecular flexibility index (Phi) is 6.01. The summed E-state index contributed by atoms with van der Waals surface area (Å²) in [6, 6.07) is 14.6. The van der Waals surface area contributed by atoms with E-state index in [1.807, 2.05) is 18.2 Å². The van der Waals surface area contributed by atoms with Crippen molar-refractivity contribution in [3.05, 3.63) is 59.2 Å². The highest BCUT2D eigenvalue weighted by molar-refractivity contribution is 5.95. The average molecular weight is 512 g/mol. The summed E-state index contributed by atoms with van der Waals surface area (Å²) in [5, 5.41) is 10.3. The predicted molar refractivity (Wildman–Crippen MR) is 151 cm³/mol. The topological polar surface area (TPSA) is 70.2 Å². The Bertz CT molecular complexity index is 1190. The third kappa shape index (κ3) is 4.63. The van der Waals surface area contributed by atoms with Gasteiger partial charge in [0, 0.05) is 28.4 Å². The van der Waals surface area contributed by atoms with E-state index in [2.05, 4.69) is 47.1 Å². The second-order valence-corrected chi connectivity index (χ2v) is 13.5. The molecule has 0 aromatic heterocycles. The summed E-state index contributed by atoms with van der Waals surface area (Å²) in [6.07, 6.45) is 12.8. The van der Waals surface area contributed by atoms with Crippen molar-refractivity contribution >= 4 is 23.2 Å². The van der Waals surface area contributed by atoms with E-state index < -0.39 is 0 Å². The van der Waals surface area contributed by atoms with Crippen LogP contribution in [0.4, 0.5) is 11.4 Å². The van der Waals surface area contributed by atoms with Gasteiger partial charge in [0.25, 0.3) is 5.91 Å². The zero-order valence-electron chi connectivity index (χ0n) is 22.6. The molecule has 1 atom stereocenters. The molecule has 200 valence electrons. The molecule has 1 unspecified atom stereocenters. The fourth-order valence-electron chi connectivity index (χ4n) is 8.85. The molecule has 1 aliphatic heterocycles. The first kappa shape index (κ1) is 24.2. The van der Waals surface area contributed by atoms with Gasteiger partial charge in [-0.15, -0.1) is 0 Å². The van der Waals surface area contributed by atoms with E-state index in [1.54, 1.807) is 0 Å².